The van der Waals surface area contributed by atoms with Crippen LogP contribution in [0.4, 0.5) is 0 Å². The lowest BCUT2D eigenvalue weighted by molar-refractivity contribution is 0.167. The molecule has 0 aliphatic heterocycles. The molecular formula is C13H26N2. The summed E-state index contributed by atoms with van der Waals surface area (Å²) in [5.41, 5.74) is 0. The molecule has 0 saturated heterocycles. The van der Waals surface area contributed by atoms with E-state index in [1.54, 1.807) is 0 Å². The lowest BCUT2D eigenvalue weighted by Crippen LogP contribution is -2.39. The van der Waals surface area contributed by atoms with Crippen molar-refractivity contribution < 1.29 is 0 Å². The largest absolute Gasteiger partial charge is 0.314 e. The molecule has 0 aromatic rings. The molecule has 0 aromatic carbocycles. The minimum atomic E-state index is 0.786. The van der Waals surface area contributed by atoms with Gasteiger partial charge in [-0.05, 0) is 58.5 Å². The van der Waals surface area contributed by atoms with Crippen molar-refractivity contribution >= 4 is 0 Å². The molecule has 3 unspecified atom stereocenters. The van der Waals surface area contributed by atoms with Gasteiger partial charge < -0.3 is 10.2 Å². The fourth-order valence-electron chi connectivity index (χ4n) is 3.05. The molecule has 1 N–H and O–H groups in total. The van der Waals surface area contributed by atoms with Crippen LogP contribution in [0, 0.1) is 5.92 Å². The zero-order valence-corrected chi connectivity index (χ0v) is 10.5. The van der Waals surface area contributed by atoms with Crippen LogP contribution < -0.4 is 5.32 Å². The Hall–Kier alpha value is -0.0800. The summed E-state index contributed by atoms with van der Waals surface area (Å²) in [5, 5.41) is 3.59. The van der Waals surface area contributed by atoms with Gasteiger partial charge in [-0.2, -0.15) is 0 Å². The Labute approximate surface area is 94.4 Å². The van der Waals surface area contributed by atoms with E-state index < -0.39 is 0 Å². The van der Waals surface area contributed by atoms with Crippen molar-refractivity contribution in [2.45, 2.75) is 64.1 Å². The molecule has 2 fully saturated rings. The normalized spacial score (nSPS) is 33.6. The van der Waals surface area contributed by atoms with Crippen molar-refractivity contribution in [3.63, 3.8) is 0 Å². The minimum absolute atomic E-state index is 0.786. The molecule has 2 aliphatic carbocycles. The summed E-state index contributed by atoms with van der Waals surface area (Å²) >= 11 is 0. The molecule has 2 saturated carbocycles. The Morgan fingerprint density at radius 3 is 2.60 bits per heavy atom. The van der Waals surface area contributed by atoms with Crippen LogP contribution in [0.25, 0.3) is 0 Å². The average Bonchev–Trinajstić information content (AvgIpc) is 2.98. The first kappa shape index (κ1) is 11.4. The first-order valence-electron chi connectivity index (χ1n) is 6.67. The van der Waals surface area contributed by atoms with Gasteiger partial charge >= 0.3 is 0 Å². The number of hydrogen-bond donors (Lipinski definition) is 1. The second kappa shape index (κ2) is 4.84. The summed E-state index contributed by atoms with van der Waals surface area (Å²) in [6.07, 6.45) is 7.07. The first-order chi connectivity index (χ1) is 7.22. The molecule has 2 nitrogen and oxygen atoms in total. The topological polar surface area (TPSA) is 15.3 Å². The fourth-order valence-corrected chi connectivity index (χ4v) is 3.05. The van der Waals surface area contributed by atoms with E-state index in [2.05, 4.69) is 31.1 Å². The number of rotatable bonds is 5. The summed E-state index contributed by atoms with van der Waals surface area (Å²) in [4.78, 5) is 2.65. The third-order valence-corrected chi connectivity index (χ3v) is 4.42. The Kier molecular flexibility index (Phi) is 3.68. The van der Waals surface area contributed by atoms with E-state index in [1.165, 1.54) is 32.1 Å². The van der Waals surface area contributed by atoms with Crippen LogP contribution >= 0.6 is 0 Å². The van der Waals surface area contributed by atoms with Gasteiger partial charge in [0.25, 0.3) is 0 Å². The minimum Gasteiger partial charge on any atom is -0.314 e. The van der Waals surface area contributed by atoms with Crippen LogP contribution in [-0.2, 0) is 0 Å². The van der Waals surface area contributed by atoms with Gasteiger partial charge in [0.15, 0.2) is 0 Å². The van der Waals surface area contributed by atoms with Gasteiger partial charge in [-0.15, -0.1) is 0 Å². The highest BCUT2D eigenvalue weighted by molar-refractivity contribution is 4.91. The molecule has 2 heteroatoms. The van der Waals surface area contributed by atoms with Crippen molar-refractivity contribution in [1.82, 2.24) is 10.2 Å². The lowest BCUT2D eigenvalue weighted by Gasteiger charge is -2.31. The summed E-state index contributed by atoms with van der Waals surface area (Å²) < 4.78 is 0. The van der Waals surface area contributed by atoms with E-state index >= 15 is 0 Å². The Balaban J connectivity index is 1.78. The maximum absolute atomic E-state index is 3.59. The van der Waals surface area contributed by atoms with E-state index in [4.69, 9.17) is 0 Å². The molecule has 0 bridgehead atoms. The van der Waals surface area contributed by atoms with Gasteiger partial charge in [0, 0.05) is 18.1 Å². The molecule has 15 heavy (non-hydrogen) atoms. The van der Waals surface area contributed by atoms with Gasteiger partial charge in [-0.3, -0.25) is 0 Å². The van der Waals surface area contributed by atoms with Crippen molar-refractivity contribution in [3.05, 3.63) is 0 Å². The highest BCUT2D eigenvalue weighted by Crippen LogP contribution is 2.37. The summed E-state index contributed by atoms with van der Waals surface area (Å²) in [6, 6.07) is 2.44. The van der Waals surface area contributed by atoms with Crippen molar-refractivity contribution in [1.29, 1.82) is 0 Å². The zero-order chi connectivity index (χ0) is 10.8. The molecule has 88 valence electrons. The first-order valence-corrected chi connectivity index (χ1v) is 6.67. The van der Waals surface area contributed by atoms with E-state index in [0.29, 0.717) is 0 Å². The van der Waals surface area contributed by atoms with Crippen molar-refractivity contribution in [2.24, 2.45) is 5.92 Å². The molecule has 0 heterocycles. The second-order valence-corrected chi connectivity index (χ2v) is 5.46. The van der Waals surface area contributed by atoms with Crippen LogP contribution in [0.2, 0.25) is 0 Å². The molecule has 0 aromatic heterocycles. The molecule has 0 radical (unpaired) electrons. The third-order valence-electron chi connectivity index (χ3n) is 4.42. The highest BCUT2D eigenvalue weighted by Gasteiger charge is 2.35. The monoisotopic (exact) mass is 210 g/mol. The van der Waals surface area contributed by atoms with E-state index in [0.717, 1.165) is 30.6 Å². The maximum atomic E-state index is 3.59. The highest BCUT2D eigenvalue weighted by atomic mass is 15.2. The van der Waals surface area contributed by atoms with Crippen LogP contribution in [0.5, 0.6) is 0 Å². The number of nitrogens with zero attached hydrogens (tertiary/aromatic N) is 1. The van der Waals surface area contributed by atoms with E-state index in [9.17, 15) is 0 Å². The van der Waals surface area contributed by atoms with Gasteiger partial charge in [0.05, 0.1) is 0 Å². The van der Waals surface area contributed by atoms with Gasteiger partial charge in [-0.1, -0.05) is 6.92 Å². The standard InChI is InChI=1S/C13H26N2/c1-4-14-12-7-8-13(9-12)15(3)10(2)11-5-6-11/h10-14H,4-9H2,1-3H3. The molecule has 0 spiro atoms. The molecule has 2 aliphatic rings. The maximum Gasteiger partial charge on any atom is 0.0110 e. The van der Waals surface area contributed by atoms with Gasteiger partial charge in [0.2, 0.25) is 0 Å². The molecular weight excluding hydrogens is 184 g/mol. The second-order valence-electron chi connectivity index (χ2n) is 5.46. The Morgan fingerprint density at radius 1 is 1.27 bits per heavy atom. The zero-order valence-electron chi connectivity index (χ0n) is 10.5. The van der Waals surface area contributed by atoms with Gasteiger partial charge in [0.1, 0.15) is 0 Å². The van der Waals surface area contributed by atoms with Crippen molar-refractivity contribution in [3.8, 4) is 0 Å². The smallest absolute Gasteiger partial charge is 0.0110 e. The molecule has 3 atom stereocenters. The fraction of sp³-hybridized carbons (Fsp3) is 1.00. The van der Waals surface area contributed by atoms with Gasteiger partial charge in [-0.25, -0.2) is 0 Å². The van der Waals surface area contributed by atoms with E-state index in [1.807, 2.05) is 0 Å². The van der Waals surface area contributed by atoms with E-state index in [-0.39, 0.29) is 0 Å². The van der Waals surface area contributed by atoms with Crippen LogP contribution in [0.1, 0.15) is 46.0 Å². The third kappa shape index (κ3) is 2.73. The lowest BCUT2D eigenvalue weighted by atomic mass is 10.1. The predicted octanol–water partition coefficient (Wildman–Crippen LogP) is 2.25. The number of nitrogens with one attached hydrogen (secondary N) is 1. The summed E-state index contributed by atoms with van der Waals surface area (Å²) in [5.74, 6) is 1.01. The van der Waals surface area contributed by atoms with Crippen LogP contribution in [-0.4, -0.2) is 36.6 Å². The Bertz CT molecular complexity index is 201. The Morgan fingerprint density at radius 2 is 2.00 bits per heavy atom. The summed E-state index contributed by atoms with van der Waals surface area (Å²) in [7, 11) is 2.34. The molecule has 2 rings (SSSR count). The van der Waals surface area contributed by atoms with Crippen molar-refractivity contribution in [2.75, 3.05) is 13.6 Å². The average molecular weight is 210 g/mol. The summed E-state index contributed by atoms with van der Waals surface area (Å²) in [6.45, 7) is 5.75. The molecule has 0 amide bonds. The van der Waals surface area contributed by atoms with Crippen LogP contribution in [0.3, 0.4) is 0 Å². The predicted molar refractivity (Wildman–Crippen MR) is 65.1 cm³/mol. The SMILES string of the molecule is CCNC1CCC(N(C)C(C)C2CC2)C1. The van der Waals surface area contributed by atoms with Crippen LogP contribution in [0.15, 0.2) is 0 Å². The quantitative estimate of drug-likeness (QED) is 0.749. The number of hydrogen-bond acceptors (Lipinski definition) is 2.